The van der Waals surface area contributed by atoms with Crippen LogP contribution in [0.2, 0.25) is 0 Å². The molecule has 0 fully saturated rings. The highest BCUT2D eigenvalue weighted by Crippen LogP contribution is 2.17. The molecule has 0 spiro atoms. The summed E-state index contributed by atoms with van der Waals surface area (Å²) < 4.78 is 11.6. The Hall–Kier alpha value is -1.30. The molecule has 1 unspecified atom stereocenters. The van der Waals surface area contributed by atoms with E-state index in [1.807, 2.05) is 36.4 Å². The topological polar surface area (TPSA) is 54.6 Å². The molecular formula is C14H16BrNO3. The lowest BCUT2D eigenvalue weighted by Crippen LogP contribution is -2.31. The molecule has 4 nitrogen and oxygen atoms in total. The van der Waals surface area contributed by atoms with Gasteiger partial charge >= 0.3 is 0 Å². The summed E-state index contributed by atoms with van der Waals surface area (Å²) in [5.74, 6) is 1.58. The number of hydrogen-bond acceptors (Lipinski definition) is 4. The molecule has 5 heteroatoms. The number of nitrogens with one attached hydrogen (secondary N) is 1. The molecular weight excluding hydrogens is 310 g/mol. The van der Waals surface area contributed by atoms with E-state index in [-0.39, 0.29) is 6.61 Å². The van der Waals surface area contributed by atoms with Crippen molar-refractivity contribution in [2.24, 2.45) is 0 Å². The maximum Gasteiger partial charge on any atom is 0.120 e. The second-order valence-electron chi connectivity index (χ2n) is 4.13. The Balaban J connectivity index is 1.65. The third-order valence-electron chi connectivity index (χ3n) is 2.50. The number of aliphatic hydroxyl groups is 1. The molecule has 0 aliphatic carbocycles. The summed E-state index contributed by atoms with van der Waals surface area (Å²) in [6, 6.07) is 11.3. The van der Waals surface area contributed by atoms with Crippen LogP contribution in [0, 0.1) is 0 Å². The molecule has 1 heterocycles. The number of hydrogen-bond donors (Lipinski definition) is 2. The normalized spacial score (nSPS) is 12.3. The van der Waals surface area contributed by atoms with Gasteiger partial charge in [0.15, 0.2) is 0 Å². The van der Waals surface area contributed by atoms with Crippen molar-refractivity contribution in [3.63, 3.8) is 0 Å². The Bertz CT molecular complexity index is 487. The first-order chi connectivity index (χ1) is 9.24. The van der Waals surface area contributed by atoms with E-state index in [0.717, 1.165) is 16.0 Å². The van der Waals surface area contributed by atoms with E-state index in [1.54, 1.807) is 6.26 Å². The van der Waals surface area contributed by atoms with Crippen LogP contribution in [0.1, 0.15) is 5.76 Å². The molecule has 0 saturated heterocycles. The van der Waals surface area contributed by atoms with E-state index in [2.05, 4.69) is 21.2 Å². The third kappa shape index (κ3) is 5.06. The number of aliphatic hydroxyl groups excluding tert-OH is 1. The van der Waals surface area contributed by atoms with Gasteiger partial charge in [-0.05, 0) is 30.3 Å². The Labute approximate surface area is 120 Å². The van der Waals surface area contributed by atoms with Crippen LogP contribution in [0.3, 0.4) is 0 Å². The molecule has 0 bridgehead atoms. The number of ether oxygens (including phenoxy) is 1. The largest absolute Gasteiger partial charge is 0.491 e. The maximum atomic E-state index is 9.78. The quantitative estimate of drug-likeness (QED) is 0.821. The highest BCUT2D eigenvalue weighted by molar-refractivity contribution is 9.10. The van der Waals surface area contributed by atoms with E-state index in [4.69, 9.17) is 9.15 Å². The first kappa shape index (κ1) is 14.1. The minimum absolute atomic E-state index is 0.252. The fourth-order valence-corrected chi connectivity index (χ4v) is 1.96. The molecule has 2 aromatic rings. The third-order valence-corrected chi connectivity index (χ3v) is 2.99. The van der Waals surface area contributed by atoms with Gasteiger partial charge in [0.05, 0.1) is 12.8 Å². The van der Waals surface area contributed by atoms with E-state index < -0.39 is 6.10 Å². The van der Waals surface area contributed by atoms with Crippen molar-refractivity contribution in [1.29, 1.82) is 0 Å². The highest BCUT2D eigenvalue weighted by atomic mass is 79.9. The van der Waals surface area contributed by atoms with Crippen LogP contribution in [0.15, 0.2) is 51.6 Å². The Kier molecular flexibility index (Phi) is 5.44. The maximum absolute atomic E-state index is 9.78. The predicted octanol–water partition coefficient (Wildman–Crippen LogP) is 2.57. The number of halogens is 1. The van der Waals surface area contributed by atoms with Crippen molar-refractivity contribution >= 4 is 15.9 Å². The smallest absolute Gasteiger partial charge is 0.120 e. The second-order valence-corrected chi connectivity index (χ2v) is 5.05. The monoisotopic (exact) mass is 325 g/mol. The Morgan fingerprint density at radius 3 is 2.95 bits per heavy atom. The van der Waals surface area contributed by atoms with Crippen LogP contribution < -0.4 is 10.1 Å². The molecule has 1 aromatic carbocycles. The van der Waals surface area contributed by atoms with Crippen molar-refractivity contribution in [3.8, 4) is 5.75 Å². The summed E-state index contributed by atoms with van der Waals surface area (Å²) >= 11 is 3.37. The lowest BCUT2D eigenvalue weighted by atomic mass is 10.3. The van der Waals surface area contributed by atoms with Gasteiger partial charge in [0.25, 0.3) is 0 Å². The fourth-order valence-electron chi connectivity index (χ4n) is 1.58. The minimum Gasteiger partial charge on any atom is -0.491 e. The molecule has 0 radical (unpaired) electrons. The molecule has 102 valence electrons. The standard InChI is InChI=1S/C14H16BrNO3/c15-11-3-1-4-13(7-11)19-10-12(17)8-16-9-14-5-2-6-18-14/h1-7,12,16-17H,8-10H2. The molecule has 1 aromatic heterocycles. The van der Waals surface area contributed by atoms with Gasteiger partial charge < -0.3 is 19.6 Å². The van der Waals surface area contributed by atoms with Gasteiger partial charge in [0.2, 0.25) is 0 Å². The molecule has 2 rings (SSSR count). The van der Waals surface area contributed by atoms with Crippen molar-refractivity contribution in [2.45, 2.75) is 12.6 Å². The van der Waals surface area contributed by atoms with Gasteiger partial charge in [0, 0.05) is 11.0 Å². The SMILES string of the molecule is OC(CNCc1ccco1)COc1cccc(Br)c1. The lowest BCUT2D eigenvalue weighted by Gasteiger charge is -2.13. The Morgan fingerprint density at radius 1 is 1.32 bits per heavy atom. The van der Waals surface area contributed by atoms with E-state index >= 15 is 0 Å². The number of furan rings is 1. The predicted molar refractivity (Wildman–Crippen MR) is 76.1 cm³/mol. The average Bonchev–Trinajstić information content (AvgIpc) is 2.90. The van der Waals surface area contributed by atoms with Gasteiger partial charge in [-0.1, -0.05) is 22.0 Å². The fraction of sp³-hybridized carbons (Fsp3) is 0.286. The van der Waals surface area contributed by atoms with Gasteiger partial charge in [-0.2, -0.15) is 0 Å². The zero-order valence-corrected chi connectivity index (χ0v) is 12.0. The van der Waals surface area contributed by atoms with Crippen LogP contribution in [-0.4, -0.2) is 24.4 Å². The molecule has 0 amide bonds. The van der Waals surface area contributed by atoms with E-state index in [9.17, 15) is 5.11 Å². The van der Waals surface area contributed by atoms with Gasteiger partial charge in [-0.3, -0.25) is 0 Å². The highest BCUT2D eigenvalue weighted by Gasteiger charge is 2.05. The minimum atomic E-state index is -0.561. The summed E-state index contributed by atoms with van der Waals surface area (Å²) in [6.07, 6.45) is 1.07. The first-order valence-electron chi connectivity index (χ1n) is 6.03. The number of benzene rings is 1. The summed E-state index contributed by atoms with van der Waals surface area (Å²) in [5.41, 5.74) is 0. The van der Waals surface area contributed by atoms with Crippen molar-refractivity contribution < 1.29 is 14.3 Å². The van der Waals surface area contributed by atoms with Crippen LogP contribution in [0.4, 0.5) is 0 Å². The van der Waals surface area contributed by atoms with Crippen LogP contribution in [-0.2, 0) is 6.54 Å². The molecule has 0 aliphatic rings. The molecule has 0 saturated carbocycles. The van der Waals surface area contributed by atoms with Gasteiger partial charge in [-0.15, -0.1) is 0 Å². The lowest BCUT2D eigenvalue weighted by molar-refractivity contribution is 0.105. The zero-order chi connectivity index (χ0) is 13.5. The molecule has 19 heavy (non-hydrogen) atoms. The van der Waals surface area contributed by atoms with Crippen molar-refractivity contribution in [1.82, 2.24) is 5.32 Å². The Morgan fingerprint density at radius 2 is 2.21 bits per heavy atom. The molecule has 1 atom stereocenters. The second kappa shape index (κ2) is 7.33. The molecule has 2 N–H and O–H groups in total. The van der Waals surface area contributed by atoms with Crippen molar-refractivity contribution in [3.05, 3.63) is 52.9 Å². The zero-order valence-electron chi connectivity index (χ0n) is 10.4. The number of rotatable bonds is 7. The van der Waals surface area contributed by atoms with Crippen LogP contribution in [0.5, 0.6) is 5.75 Å². The summed E-state index contributed by atoms with van der Waals surface area (Å²) in [6.45, 7) is 1.30. The van der Waals surface area contributed by atoms with Gasteiger partial charge in [0.1, 0.15) is 24.2 Å². The molecule has 0 aliphatic heterocycles. The van der Waals surface area contributed by atoms with Crippen LogP contribution in [0.25, 0.3) is 0 Å². The van der Waals surface area contributed by atoms with Crippen LogP contribution >= 0.6 is 15.9 Å². The summed E-state index contributed by atoms with van der Waals surface area (Å²) in [7, 11) is 0. The summed E-state index contributed by atoms with van der Waals surface area (Å²) in [4.78, 5) is 0. The summed E-state index contributed by atoms with van der Waals surface area (Å²) in [5, 5.41) is 12.9. The van der Waals surface area contributed by atoms with Crippen molar-refractivity contribution in [2.75, 3.05) is 13.2 Å². The van der Waals surface area contributed by atoms with E-state index in [0.29, 0.717) is 13.1 Å². The average molecular weight is 326 g/mol. The van der Waals surface area contributed by atoms with E-state index in [1.165, 1.54) is 0 Å². The first-order valence-corrected chi connectivity index (χ1v) is 6.83. The van der Waals surface area contributed by atoms with Gasteiger partial charge in [-0.25, -0.2) is 0 Å².